The van der Waals surface area contributed by atoms with Gasteiger partial charge in [0.1, 0.15) is 24.1 Å². The quantitative estimate of drug-likeness (QED) is 0.631. The molecular formula is C21H26N2O5S. The van der Waals surface area contributed by atoms with Crippen LogP contribution < -0.4 is 19.1 Å². The molecule has 7 nitrogen and oxygen atoms in total. The van der Waals surface area contributed by atoms with Crippen LogP contribution in [-0.2, 0) is 14.8 Å². The van der Waals surface area contributed by atoms with Crippen molar-refractivity contribution in [3.05, 3.63) is 60.7 Å². The lowest BCUT2D eigenvalue weighted by Crippen LogP contribution is -2.45. The Balaban J connectivity index is 2.33. The Morgan fingerprint density at radius 3 is 2.62 bits per heavy atom. The first-order valence-corrected chi connectivity index (χ1v) is 10.8. The lowest BCUT2D eigenvalue weighted by Gasteiger charge is -2.29. The van der Waals surface area contributed by atoms with Gasteiger partial charge in [0.25, 0.3) is 0 Å². The van der Waals surface area contributed by atoms with Crippen molar-refractivity contribution in [2.45, 2.75) is 19.9 Å². The standard InChI is InChI=1S/C21H26N2O5S/c1-6-12-28-18-9-7-8-17(14-18)22-21(24)16(3)23(29(5,25)26)19-13-15(2)10-11-20(19)27-4/h6-11,13-14,16H,1,12H2,2-5H3,(H,22,24). The van der Waals surface area contributed by atoms with E-state index in [0.717, 1.165) is 16.1 Å². The smallest absolute Gasteiger partial charge is 0.247 e. The van der Waals surface area contributed by atoms with E-state index in [9.17, 15) is 13.2 Å². The number of hydrogen-bond donors (Lipinski definition) is 1. The molecule has 0 fully saturated rings. The zero-order valence-electron chi connectivity index (χ0n) is 17.0. The van der Waals surface area contributed by atoms with Crippen molar-refractivity contribution in [2.24, 2.45) is 0 Å². The summed E-state index contributed by atoms with van der Waals surface area (Å²) >= 11 is 0. The van der Waals surface area contributed by atoms with Crippen LogP contribution in [0.1, 0.15) is 12.5 Å². The van der Waals surface area contributed by atoms with Crippen LogP contribution >= 0.6 is 0 Å². The Morgan fingerprint density at radius 2 is 2.00 bits per heavy atom. The first-order chi connectivity index (χ1) is 13.7. The summed E-state index contributed by atoms with van der Waals surface area (Å²) in [6.07, 6.45) is 2.68. The van der Waals surface area contributed by atoms with E-state index in [1.54, 1.807) is 42.5 Å². The summed E-state index contributed by atoms with van der Waals surface area (Å²) in [5, 5.41) is 2.74. The Bertz CT molecular complexity index is 988. The highest BCUT2D eigenvalue weighted by Gasteiger charge is 2.31. The van der Waals surface area contributed by atoms with E-state index in [2.05, 4.69) is 11.9 Å². The molecule has 0 aliphatic carbocycles. The Hall–Kier alpha value is -3.00. The average molecular weight is 419 g/mol. The van der Waals surface area contributed by atoms with E-state index in [1.807, 2.05) is 13.0 Å². The minimum atomic E-state index is -3.77. The van der Waals surface area contributed by atoms with E-state index in [4.69, 9.17) is 9.47 Å². The maximum absolute atomic E-state index is 12.9. The number of aryl methyl sites for hydroxylation is 1. The van der Waals surface area contributed by atoms with Gasteiger partial charge < -0.3 is 14.8 Å². The molecule has 29 heavy (non-hydrogen) atoms. The fourth-order valence-electron chi connectivity index (χ4n) is 2.82. The van der Waals surface area contributed by atoms with Gasteiger partial charge >= 0.3 is 0 Å². The maximum Gasteiger partial charge on any atom is 0.247 e. The van der Waals surface area contributed by atoms with Crippen molar-refractivity contribution in [1.82, 2.24) is 0 Å². The number of ether oxygens (including phenoxy) is 2. The van der Waals surface area contributed by atoms with Crippen LogP contribution in [0.2, 0.25) is 0 Å². The van der Waals surface area contributed by atoms with Gasteiger partial charge in [0.2, 0.25) is 15.9 Å². The summed E-state index contributed by atoms with van der Waals surface area (Å²) < 4.78 is 36.9. The van der Waals surface area contributed by atoms with E-state index in [0.29, 0.717) is 29.5 Å². The molecule has 1 unspecified atom stereocenters. The molecule has 0 aromatic heterocycles. The molecule has 0 bridgehead atoms. The van der Waals surface area contributed by atoms with Crippen LogP contribution in [0.3, 0.4) is 0 Å². The molecule has 0 aliphatic rings. The fraction of sp³-hybridized carbons (Fsp3) is 0.286. The number of carbonyl (C=O) groups is 1. The zero-order chi connectivity index (χ0) is 21.6. The molecule has 0 radical (unpaired) electrons. The lowest BCUT2D eigenvalue weighted by atomic mass is 10.2. The summed E-state index contributed by atoms with van der Waals surface area (Å²) in [5.74, 6) is 0.441. The van der Waals surface area contributed by atoms with Crippen LogP contribution in [0.25, 0.3) is 0 Å². The Morgan fingerprint density at radius 1 is 1.28 bits per heavy atom. The predicted molar refractivity (Wildman–Crippen MR) is 115 cm³/mol. The molecule has 1 N–H and O–H groups in total. The summed E-state index contributed by atoms with van der Waals surface area (Å²) in [4.78, 5) is 12.9. The third-order valence-electron chi connectivity index (χ3n) is 4.13. The van der Waals surface area contributed by atoms with Crippen LogP contribution in [0.15, 0.2) is 55.1 Å². The third-order valence-corrected chi connectivity index (χ3v) is 5.36. The number of hydrogen-bond acceptors (Lipinski definition) is 5. The molecule has 1 atom stereocenters. The minimum Gasteiger partial charge on any atom is -0.495 e. The molecule has 0 saturated carbocycles. The highest BCUT2D eigenvalue weighted by atomic mass is 32.2. The number of nitrogens with one attached hydrogen (secondary N) is 1. The van der Waals surface area contributed by atoms with Gasteiger partial charge in [0.05, 0.1) is 19.1 Å². The number of rotatable bonds is 9. The van der Waals surface area contributed by atoms with Gasteiger partial charge in [0, 0.05) is 11.8 Å². The maximum atomic E-state index is 12.9. The summed E-state index contributed by atoms with van der Waals surface area (Å²) in [6.45, 7) is 7.29. The fourth-order valence-corrected chi connectivity index (χ4v) is 3.99. The molecule has 8 heteroatoms. The van der Waals surface area contributed by atoms with Gasteiger partial charge in [-0.05, 0) is 43.7 Å². The van der Waals surface area contributed by atoms with E-state index in [-0.39, 0.29) is 0 Å². The van der Waals surface area contributed by atoms with Gasteiger partial charge in [-0.1, -0.05) is 24.8 Å². The first kappa shape index (κ1) is 22.3. The first-order valence-electron chi connectivity index (χ1n) is 8.96. The molecule has 2 aromatic carbocycles. The second kappa shape index (κ2) is 9.47. The summed E-state index contributed by atoms with van der Waals surface area (Å²) in [5.41, 5.74) is 1.64. The molecule has 2 aromatic rings. The normalized spacial score (nSPS) is 12.0. The van der Waals surface area contributed by atoms with Crippen molar-refractivity contribution < 1.29 is 22.7 Å². The van der Waals surface area contributed by atoms with Gasteiger partial charge in [0.15, 0.2) is 0 Å². The number of sulfonamides is 1. The highest BCUT2D eigenvalue weighted by molar-refractivity contribution is 7.92. The van der Waals surface area contributed by atoms with Crippen molar-refractivity contribution in [3.63, 3.8) is 0 Å². The molecule has 0 heterocycles. The average Bonchev–Trinajstić information content (AvgIpc) is 2.66. The third kappa shape index (κ3) is 5.74. The van der Waals surface area contributed by atoms with Crippen molar-refractivity contribution in [3.8, 4) is 11.5 Å². The highest BCUT2D eigenvalue weighted by Crippen LogP contribution is 2.33. The number of benzene rings is 2. The topological polar surface area (TPSA) is 84.9 Å². The zero-order valence-corrected chi connectivity index (χ0v) is 17.8. The Kier molecular flexibility index (Phi) is 7.28. The molecule has 156 valence electrons. The van der Waals surface area contributed by atoms with Crippen molar-refractivity contribution in [2.75, 3.05) is 29.6 Å². The molecule has 1 amide bonds. The SMILES string of the molecule is C=CCOc1cccc(NC(=O)C(C)N(c2cc(C)ccc2OC)S(C)(=O)=O)c1. The van der Waals surface area contributed by atoms with Crippen molar-refractivity contribution in [1.29, 1.82) is 0 Å². The summed E-state index contributed by atoms with van der Waals surface area (Å²) in [7, 11) is -2.31. The number of nitrogens with zero attached hydrogens (tertiary/aromatic N) is 1. The second-order valence-electron chi connectivity index (χ2n) is 6.53. The van der Waals surface area contributed by atoms with Gasteiger partial charge in [-0.15, -0.1) is 0 Å². The molecule has 2 rings (SSSR count). The molecular weight excluding hydrogens is 392 g/mol. The predicted octanol–water partition coefficient (Wildman–Crippen LogP) is 3.36. The van der Waals surface area contributed by atoms with Crippen molar-refractivity contribution >= 4 is 27.3 Å². The Labute approximate surface area is 172 Å². The van der Waals surface area contributed by atoms with E-state index in [1.165, 1.54) is 14.0 Å². The van der Waals surface area contributed by atoms with E-state index >= 15 is 0 Å². The van der Waals surface area contributed by atoms with Gasteiger partial charge in [-0.25, -0.2) is 8.42 Å². The number of methoxy groups -OCH3 is 1. The number of amides is 1. The number of anilines is 2. The van der Waals surface area contributed by atoms with E-state index < -0.39 is 22.0 Å². The summed E-state index contributed by atoms with van der Waals surface area (Å²) in [6, 6.07) is 11.0. The molecule has 0 saturated heterocycles. The van der Waals surface area contributed by atoms with Crippen LogP contribution in [0.5, 0.6) is 11.5 Å². The monoisotopic (exact) mass is 418 g/mol. The molecule has 0 spiro atoms. The molecule has 0 aliphatic heterocycles. The second-order valence-corrected chi connectivity index (χ2v) is 8.39. The van der Waals surface area contributed by atoms with Crippen LogP contribution in [0, 0.1) is 6.92 Å². The lowest BCUT2D eigenvalue weighted by molar-refractivity contribution is -0.116. The largest absolute Gasteiger partial charge is 0.495 e. The number of carbonyl (C=O) groups excluding carboxylic acids is 1. The van der Waals surface area contributed by atoms with Gasteiger partial charge in [-0.3, -0.25) is 9.10 Å². The minimum absolute atomic E-state index is 0.306. The van der Waals surface area contributed by atoms with Gasteiger partial charge in [-0.2, -0.15) is 0 Å². The van der Waals surface area contributed by atoms with Crippen LogP contribution in [-0.4, -0.2) is 40.3 Å². The van der Waals surface area contributed by atoms with Crippen LogP contribution in [0.4, 0.5) is 11.4 Å².